The molecule has 0 saturated carbocycles. The zero-order valence-corrected chi connectivity index (χ0v) is 10.4. The summed E-state index contributed by atoms with van der Waals surface area (Å²) in [4.78, 5) is 10.8. The number of rotatable bonds is 3. The molecule has 2 rings (SSSR count). The Kier molecular flexibility index (Phi) is 3.07. The van der Waals surface area contributed by atoms with Gasteiger partial charge in [-0.25, -0.2) is 9.97 Å². The van der Waals surface area contributed by atoms with E-state index in [1.165, 1.54) is 10.4 Å². The van der Waals surface area contributed by atoms with Crippen LogP contribution in [0.25, 0.3) is 10.2 Å². The fraction of sp³-hybridized carbons (Fsp3) is 0.455. The third-order valence-corrected chi connectivity index (χ3v) is 3.74. The second-order valence-corrected chi connectivity index (χ2v) is 5.12. The minimum absolute atomic E-state index is 0.00212. The zero-order chi connectivity index (χ0) is 11.7. The summed E-state index contributed by atoms with van der Waals surface area (Å²) in [7, 11) is 0. The maximum Gasteiger partial charge on any atom is 0.138 e. The Balaban J connectivity index is 2.52. The monoisotopic (exact) mass is 237 g/mol. The van der Waals surface area contributed by atoms with Crippen LogP contribution in [0.3, 0.4) is 0 Å². The Morgan fingerprint density at radius 1 is 1.44 bits per heavy atom. The molecule has 0 spiro atoms. The topological polar surface area (TPSA) is 58.0 Å². The molecule has 1 atom stereocenters. The Bertz CT molecular complexity index is 509. The van der Waals surface area contributed by atoms with E-state index in [1.54, 1.807) is 17.7 Å². The number of fused-ring (bicyclic) bond motifs is 1. The van der Waals surface area contributed by atoms with Crippen molar-refractivity contribution in [3.8, 4) is 0 Å². The average molecular weight is 237 g/mol. The van der Waals surface area contributed by atoms with E-state index >= 15 is 0 Å². The van der Waals surface area contributed by atoms with Gasteiger partial charge < -0.3 is 10.4 Å². The molecule has 0 fully saturated rings. The van der Waals surface area contributed by atoms with Crippen LogP contribution in [0, 0.1) is 13.8 Å². The van der Waals surface area contributed by atoms with Crippen molar-refractivity contribution in [1.82, 2.24) is 9.97 Å². The molecule has 2 aromatic rings. The summed E-state index contributed by atoms with van der Waals surface area (Å²) in [6, 6.07) is -0.00212. The molecule has 0 radical (unpaired) electrons. The van der Waals surface area contributed by atoms with Crippen molar-refractivity contribution in [3.05, 3.63) is 16.8 Å². The van der Waals surface area contributed by atoms with Gasteiger partial charge in [0, 0.05) is 10.9 Å². The molecule has 4 nitrogen and oxygen atoms in total. The molecule has 1 unspecified atom stereocenters. The third-order valence-electron chi connectivity index (χ3n) is 2.62. The lowest BCUT2D eigenvalue weighted by Crippen LogP contribution is -2.20. The van der Waals surface area contributed by atoms with Crippen molar-refractivity contribution >= 4 is 27.4 Å². The predicted octanol–water partition coefficient (Wildman–Crippen LogP) is 2.10. The van der Waals surface area contributed by atoms with Crippen molar-refractivity contribution in [1.29, 1.82) is 0 Å². The Labute approximate surface area is 98.4 Å². The molecule has 2 aromatic heterocycles. The normalized spacial score (nSPS) is 13.0. The number of thiophene rings is 1. The first-order valence-electron chi connectivity index (χ1n) is 5.21. The molecule has 0 aromatic carbocycles. The maximum atomic E-state index is 9.04. The summed E-state index contributed by atoms with van der Waals surface area (Å²) >= 11 is 1.67. The molecule has 2 N–H and O–H groups in total. The standard InChI is InChI=1S/C11H15N3OS/c1-6(4-15)14-10-9-7(2)8(3)16-11(9)13-5-12-10/h5-6,15H,4H2,1-3H3,(H,12,13,14). The van der Waals surface area contributed by atoms with E-state index in [2.05, 4.69) is 29.1 Å². The molecule has 0 aliphatic rings. The van der Waals surface area contributed by atoms with Crippen LogP contribution in [0.5, 0.6) is 0 Å². The molecular weight excluding hydrogens is 222 g/mol. The fourth-order valence-electron chi connectivity index (χ4n) is 1.57. The van der Waals surface area contributed by atoms with Gasteiger partial charge in [0.15, 0.2) is 0 Å². The number of aliphatic hydroxyl groups excluding tert-OH is 1. The van der Waals surface area contributed by atoms with E-state index < -0.39 is 0 Å². The van der Waals surface area contributed by atoms with Crippen molar-refractivity contribution in [2.45, 2.75) is 26.8 Å². The van der Waals surface area contributed by atoms with Crippen LogP contribution in [0.1, 0.15) is 17.4 Å². The second-order valence-electron chi connectivity index (χ2n) is 3.91. The first-order chi connectivity index (χ1) is 7.63. The van der Waals surface area contributed by atoms with E-state index in [4.69, 9.17) is 5.11 Å². The number of anilines is 1. The van der Waals surface area contributed by atoms with Gasteiger partial charge in [0.05, 0.1) is 12.0 Å². The van der Waals surface area contributed by atoms with Gasteiger partial charge in [-0.15, -0.1) is 11.3 Å². The SMILES string of the molecule is Cc1sc2ncnc(NC(C)CO)c2c1C. The minimum Gasteiger partial charge on any atom is -0.394 e. The number of hydrogen-bond donors (Lipinski definition) is 2. The van der Waals surface area contributed by atoms with Crippen LogP contribution in [0.15, 0.2) is 6.33 Å². The molecule has 86 valence electrons. The van der Waals surface area contributed by atoms with E-state index in [0.29, 0.717) is 0 Å². The number of aliphatic hydroxyl groups is 1. The zero-order valence-electron chi connectivity index (χ0n) is 9.61. The lowest BCUT2D eigenvalue weighted by atomic mass is 10.2. The van der Waals surface area contributed by atoms with Crippen LogP contribution in [0.4, 0.5) is 5.82 Å². The van der Waals surface area contributed by atoms with Gasteiger partial charge in [-0.2, -0.15) is 0 Å². The van der Waals surface area contributed by atoms with Crippen LogP contribution < -0.4 is 5.32 Å². The summed E-state index contributed by atoms with van der Waals surface area (Å²) in [5, 5.41) is 13.3. The van der Waals surface area contributed by atoms with Crippen LogP contribution in [-0.4, -0.2) is 27.7 Å². The van der Waals surface area contributed by atoms with Gasteiger partial charge in [-0.1, -0.05) is 0 Å². The first kappa shape index (κ1) is 11.3. The third kappa shape index (κ3) is 1.88. The average Bonchev–Trinajstić information content (AvgIpc) is 2.56. The van der Waals surface area contributed by atoms with Crippen molar-refractivity contribution in [2.75, 3.05) is 11.9 Å². The molecular formula is C11H15N3OS. The summed E-state index contributed by atoms with van der Waals surface area (Å²) in [6.07, 6.45) is 1.56. The number of nitrogens with zero attached hydrogens (tertiary/aromatic N) is 2. The highest BCUT2D eigenvalue weighted by molar-refractivity contribution is 7.18. The molecule has 2 heterocycles. The Morgan fingerprint density at radius 3 is 2.88 bits per heavy atom. The van der Waals surface area contributed by atoms with Gasteiger partial charge in [0.25, 0.3) is 0 Å². The van der Waals surface area contributed by atoms with E-state index in [0.717, 1.165) is 16.0 Å². The molecule has 0 bridgehead atoms. The van der Waals surface area contributed by atoms with Crippen molar-refractivity contribution in [2.24, 2.45) is 0 Å². The molecule has 0 aliphatic heterocycles. The van der Waals surface area contributed by atoms with Gasteiger partial charge in [-0.3, -0.25) is 0 Å². The summed E-state index contributed by atoms with van der Waals surface area (Å²) in [6.45, 7) is 6.17. The predicted molar refractivity (Wildman–Crippen MR) is 67.1 cm³/mol. The van der Waals surface area contributed by atoms with Crippen LogP contribution in [-0.2, 0) is 0 Å². The summed E-state index contributed by atoms with van der Waals surface area (Å²) in [5.74, 6) is 0.813. The van der Waals surface area contributed by atoms with E-state index in [9.17, 15) is 0 Å². The molecule has 16 heavy (non-hydrogen) atoms. The molecule has 5 heteroatoms. The van der Waals surface area contributed by atoms with Crippen LogP contribution in [0.2, 0.25) is 0 Å². The summed E-state index contributed by atoms with van der Waals surface area (Å²) < 4.78 is 0. The van der Waals surface area contributed by atoms with Gasteiger partial charge in [0.1, 0.15) is 17.0 Å². The van der Waals surface area contributed by atoms with Crippen molar-refractivity contribution < 1.29 is 5.11 Å². The van der Waals surface area contributed by atoms with E-state index in [1.807, 2.05) is 6.92 Å². The maximum absolute atomic E-state index is 9.04. The quantitative estimate of drug-likeness (QED) is 0.858. The largest absolute Gasteiger partial charge is 0.394 e. The van der Waals surface area contributed by atoms with Gasteiger partial charge in [-0.05, 0) is 26.3 Å². The molecule has 0 aliphatic carbocycles. The lowest BCUT2D eigenvalue weighted by Gasteiger charge is -2.12. The minimum atomic E-state index is -0.00212. The Hall–Kier alpha value is -1.20. The summed E-state index contributed by atoms with van der Waals surface area (Å²) in [5.41, 5.74) is 1.22. The molecule has 0 saturated heterocycles. The Morgan fingerprint density at radius 2 is 2.19 bits per heavy atom. The number of aromatic nitrogens is 2. The van der Waals surface area contributed by atoms with Gasteiger partial charge >= 0.3 is 0 Å². The number of aryl methyl sites for hydroxylation is 2. The second kappa shape index (κ2) is 4.35. The smallest absolute Gasteiger partial charge is 0.138 e. The van der Waals surface area contributed by atoms with Gasteiger partial charge in [0.2, 0.25) is 0 Å². The van der Waals surface area contributed by atoms with Crippen LogP contribution >= 0.6 is 11.3 Å². The fourth-order valence-corrected chi connectivity index (χ4v) is 2.57. The first-order valence-corrected chi connectivity index (χ1v) is 6.03. The molecule has 0 amide bonds. The lowest BCUT2D eigenvalue weighted by molar-refractivity contribution is 0.281. The number of hydrogen-bond acceptors (Lipinski definition) is 5. The highest BCUT2D eigenvalue weighted by atomic mass is 32.1. The van der Waals surface area contributed by atoms with Crippen molar-refractivity contribution in [3.63, 3.8) is 0 Å². The highest BCUT2D eigenvalue weighted by Gasteiger charge is 2.12. The number of nitrogens with one attached hydrogen (secondary N) is 1. The highest BCUT2D eigenvalue weighted by Crippen LogP contribution is 2.32. The van der Waals surface area contributed by atoms with E-state index in [-0.39, 0.29) is 12.6 Å².